The summed E-state index contributed by atoms with van der Waals surface area (Å²) in [6.07, 6.45) is 1.13. The van der Waals surface area contributed by atoms with Crippen molar-refractivity contribution < 1.29 is 4.74 Å². The SMILES string of the molecule is CCC(C)c1nc(N(C)CC(C)C)sc1CNCCOC. The number of methoxy groups -OCH3 is 1. The van der Waals surface area contributed by atoms with Gasteiger partial charge in [-0.05, 0) is 18.3 Å². The highest BCUT2D eigenvalue weighted by Crippen LogP contribution is 2.32. The number of nitrogens with one attached hydrogen (secondary N) is 1. The van der Waals surface area contributed by atoms with E-state index in [0.717, 1.165) is 37.8 Å². The molecule has 0 saturated carbocycles. The molecule has 122 valence electrons. The van der Waals surface area contributed by atoms with Crippen LogP contribution in [0.5, 0.6) is 0 Å². The van der Waals surface area contributed by atoms with Crippen molar-refractivity contribution >= 4 is 16.5 Å². The smallest absolute Gasteiger partial charge is 0.185 e. The Labute approximate surface area is 133 Å². The van der Waals surface area contributed by atoms with E-state index >= 15 is 0 Å². The molecule has 1 aromatic rings. The molecule has 21 heavy (non-hydrogen) atoms. The zero-order valence-corrected chi connectivity index (χ0v) is 15.2. The Balaban J connectivity index is 2.80. The molecule has 0 amide bonds. The first kappa shape index (κ1) is 18.4. The molecule has 0 fully saturated rings. The summed E-state index contributed by atoms with van der Waals surface area (Å²) in [7, 11) is 3.87. The van der Waals surface area contributed by atoms with Crippen molar-refractivity contribution in [3.8, 4) is 0 Å². The molecule has 4 nitrogen and oxygen atoms in total. The van der Waals surface area contributed by atoms with Crippen LogP contribution in [0.15, 0.2) is 0 Å². The van der Waals surface area contributed by atoms with Crippen LogP contribution in [0.1, 0.15) is 50.6 Å². The van der Waals surface area contributed by atoms with Gasteiger partial charge < -0.3 is 15.0 Å². The summed E-state index contributed by atoms with van der Waals surface area (Å²) in [4.78, 5) is 8.55. The molecule has 1 atom stereocenters. The van der Waals surface area contributed by atoms with E-state index in [9.17, 15) is 0 Å². The molecule has 1 N–H and O–H groups in total. The zero-order valence-electron chi connectivity index (χ0n) is 14.4. The molecular weight excluding hydrogens is 282 g/mol. The van der Waals surface area contributed by atoms with E-state index in [0.29, 0.717) is 11.8 Å². The highest BCUT2D eigenvalue weighted by molar-refractivity contribution is 7.15. The summed E-state index contributed by atoms with van der Waals surface area (Å²) in [6.45, 7) is 12.5. The highest BCUT2D eigenvalue weighted by atomic mass is 32.1. The summed E-state index contributed by atoms with van der Waals surface area (Å²) >= 11 is 1.82. The quantitative estimate of drug-likeness (QED) is 0.671. The van der Waals surface area contributed by atoms with Gasteiger partial charge in [0.1, 0.15) is 0 Å². The van der Waals surface area contributed by atoms with Gasteiger partial charge in [-0.3, -0.25) is 0 Å². The van der Waals surface area contributed by atoms with Crippen LogP contribution >= 0.6 is 11.3 Å². The number of rotatable bonds is 10. The standard InChI is InChI=1S/C16H31N3OS/c1-7-13(4)15-14(10-17-8-9-20-6)21-16(18-15)19(5)11-12(2)3/h12-13,17H,7-11H2,1-6H3. The van der Waals surface area contributed by atoms with E-state index in [1.807, 2.05) is 11.3 Å². The van der Waals surface area contributed by atoms with Crippen molar-refractivity contribution in [3.05, 3.63) is 10.6 Å². The largest absolute Gasteiger partial charge is 0.383 e. The summed E-state index contributed by atoms with van der Waals surface area (Å²) in [5.41, 5.74) is 1.26. The lowest BCUT2D eigenvalue weighted by Gasteiger charge is -2.17. The maximum Gasteiger partial charge on any atom is 0.185 e. The predicted octanol–water partition coefficient (Wildman–Crippen LogP) is 3.48. The fourth-order valence-corrected chi connectivity index (χ4v) is 3.34. The monoisotopic (exact) mass is 313 g/mol. The number of thiazole rings is 1. The molecule has 1 heterocycles. The van der Waals surface area contributed by atoms with E-state index < -0.39 is 0 Å². The van der Waals surface area contributed by atoms with Crippen LogP contribution < -0.4 is 10.2 Å². The third kappa shape index (κ3) is 5.93. The van der Waals surface area contributed by atoms with E-state index in [1.165, 1.54) is 10.6 Å². The second-order valence-electron chi connectivity index (χ2n) is 6.06. The Hall–Kier alpha value is -0.650. The number of anilines is 1. The molecule has 0 saturated heterocycles. The molecule has 0 spiro atoms. The van der Waals surface area contributed by atoms with Gasteiger partial charge >= 0.3 is 0 Å². The van der Waals surface area contributed by atoms with Crippen LogP contribution in [-0.2, 0) is 11.3 Å². The normalized spacial score (nSPS) is 12.9. The topological polar surface area (TPSA) is 37.4 Å². The lowest BCUT2D eigenvalue weighted by Crippen LogP contribution is -2.22. The lowest BCUT2D eigenvalue weighted by atomic mass is 10.0. The summed E-state index contributed by atoms with van der Waals surface area (Å²) in [5.74, 6) is 1.16. The number of ether oxygens (including phenoxy) is 1. The maximum absolute atomic E-state index is 5.08. The van der Waals surface area contributed by atoms with Gasteiger partial charge in [0.2, 0.25) is 0 Å². The lowest BCUT2D eigenvalue weighted by molar-refractivity contribution is 0.199. The summed E-state index contributed by atoms with van der Waals surface area (Å²) < 4.78 is 5.08. The van der Waals surface area contributed by atoms with Crippen molar-refractivity contribution in [1.82, 2.24) is 10.3 Å². The number of nitrogens with zero attached hydrogens (tertiary/aromatic N) is 2. The average Bonchev–Trinajstić information content (AvgIpc) is 2.86. The molecule has 0 aliphatic heterocycles. The third-order valence-electron chi connectivity index (χ3n) is 3.53. The molecule has 1 unspecified atom stereocenters. The van der Waals surface area contributed by atoms with Crippen LogP contribution in [0.4, 0.5) is 5.13 Å². The first-order valence-corrected chi connectivity index (χ1v) is 8.71. The Bertz CT molecular complexity index is 406. The Morgan fingerprint density at radius 2 is 2.05 bits per heavy atom. The van der Waals surface area contributed by atoms with Crippen molar-refractivity contribution in [2.24, 2.45) is 5.92 Å². The van der Waals surface area contributed by atoms with Gasteiger partial charge in [0.15, 0.2) is 5.13 Å². The second-order valence-corrected chi connectivity index (χ2v) is 7.12. The van der Waals surface area contributed by atoms with Crippen LogP contribution in [-0.4, -0.2) is 38.8 Å². The number of aromatic nitrogens is 1. The Morgan fingerprint density at radius 1 is 1.33 bits per heavy atom. The molecule has 0 aliphatic rings. The van der Waals surface area contributed by atoms with Gasteiger partial charge in [-0.1, -0.05) is 27.7 Å². The number of hydrogen-bond acceptors (Lipinski definition) is 5. The van der Waals surface area contributed by atoms with Crippen LogP contribution in [0.3, 0.4) is 0 Å². The van der Waals surface area contributed by atoms with Crippen molar-refractivity contribution in [2.75, 3.05) is 38.8 Å². The first-order valence-electron chi connectivity index (χ1n) is 7.89. The van der Waals surface area contributed by atoms with E-state index in [2.05, 4.69) is 45.0 Å². The third-order valence-corrected chi connectivity index (χ3v) is 4.71. The van der Waals surface area contributed by atoms with Crippen LogP contribution in [0.2, 0.25) is 0 Å². The van der Waals surface area contributed by atoms with Crippen molar-refractivity contribution in [1.29, 1.82) is 0 Å². The van der Waals surface area contributed by atoms with E-state index in [4.69, 9.17) is 9.72 Å². The van der Waals surface area contributed by atoms with E-state index in [1.54, 1.807) is 7.11 Å². The first-order chi connectivity index (χ1) is 9.99. The summed E-state index contributed by atoms with van der Waals surface area (Å²) in [6, 6.07) is 0. The molecular formula is C16H31N3OS. The molecule has 1 rings (SSSR count). The Kier molecular flexibility index (Phi) is 8.22. The minimum absolute atomic E-state index is 0.515. The van der Waals surface area contributed by atoms with Crippen LogP contribution in [0.25, 0.3) is 0 Å². The highest BCUT2D eigenvalue weighted by Gasteiger charge is 2.18. The molecule has 5 heteroatoms. The van der Waals surface area contributed by atoms with Gasteiger partial charge in [-0.2, -0.15) is 0 Å². The van der Waals surface area contributed by atoms with Gasteiger partial charge in [0.25, 0.3) is 0 Å². The molecule has 1 aromatic heterocycles. The zero-order chi connectivity index (χ0) is 15.8. The van der Waals surface area contributed by atoms with Crippen molar-refractivity contribution in [2.45, 2.75) is 46.6 Å². The van der Waals surface area contributed by atoms with Gasteiger partial charge in [-0.15, -0.1) is 11.3 Å². The van der Waals surface area contributed by atoms with Crippen LogP contribution in [0, 0.1) is 5.92 Å². The van der Waals surface area contributed by atoms with Gasteiger partial charge in [-0.25, -0.2) is 4.98 Å². The second kappa shape index (κ2) is 9.38. The Morgan fingerprint density at radius 3 is 2.62 bits per heavy atom. The molecule has 0 aromatic carbocycles. The van der Waals surface area contributed by atoms with Gasteiger partial charge in [0.05, 0.1) is 12.3 Å². The number of hydrogen-bond donors (Lipinski definition) is 1. The predicted molar refractivity (Wildman–Crippen MR) is 92.5 cm³/mol. The molecule has 0 bridgehead atoms. The summed E-state index contributed by atoms with van der Waals surface area (Å²) in [5, 5.41) is 4.58. The molecule has 0 aliphatic carbocycles. The minimum Gasteiger partial charge on any atom is -0.383 e. The fourth-order valence-electron chi connectivity index (χ4n) is 2.22. The minimum atomic E-state index is 0.515. The van der Waals surface area contributed by atoms with Crippen molar-refractivity contribution in [3.63, 3.8) is 0 Å². The van der Waals surface area contributed by atoms with E-state index in [-0.39, 0.29) is 0 Å². The maximum atomic E-state index is 5.08. The molecule has 0 radical (unpaired) electrons. The van der Waals surface area contributed by atoms with Gasteiger partial charge in [0, 0.05) is 38.7 Å². The fraction of sp³-hybridized carbons (Fsp3) is 0.812. The average molecular weight is 314 g/mol.